The van der Waals surface area contributed by atoms with Crippen LogP contribution >= 0.6 is 0 Å². The zero-order valence-electron chi connectivity index (χ0n) is 20.9. The van der Waals surface area contributed by atoms with Crippen molar-refractivity contribution in [3.8, 4) is 0 Å². The van der Waals surface area contributed by atoms with E-state index >= 15 is 0 Å². The van der Waals surface area contributed by atoms with E-state index in [1.807, 2.05) is 54.6 Å². The fourth-order valence-corrected chi connectivity index (χ4v) is 4.03. The lowest BCUT2D eigenvalue weighted by Gasteiger charge is -2.26. The van der Waals surface area contributed by atoms with Gasteiger partial charge in [0.25, 0.3) is 0 Å². The average molecular weight is 508 g/mol. The largest absolute Gasteiger partial charge is 0.480 e. The van der Waals surface area contributed by atoms with Gasteiger partial charge >= 0.3 is 5.97 Å². The van der Waals surface area contributed by atoms with Gasteiger partial charge in [-0.1, -0.05) is 62.4 Å². The number of aliphatic carboxylic acids is 1. The molecule has 0 aliphatic carbocycles. The first-order valence-corrected chi connectivity index (χ1v) is 12.1. The molecule has 0 saturated carbocycles. The molecule has 37 heavy (non-hydrogen) atoms. The van der Waals surface area contributed by atoms with Crippen molar-refractivity contribution in [2.75, 3.05) is 6.54 Å². The summed E-state index contributed by atoms with van der Waals surface area (Å²) in [5.74, 6) is -3.22. The molecule has 1 heterocycles. The number of H-pyrrole nitrogens is 1. The lowest BCUT2D eigenvalue weighted by molar-refractivity contribution is -0.139. The molecule has 0 fully saturated rings. The Morgan fingerprint density at radius 3 is 2.24 bits per heavy atom. The van der Waals surface area contributed by atoms with Gasteiger partial charge in [-0.3, -0.25) is 19.2 Å². The van der Waals surface area contributed by atoms with Crippen LogP contribution in [0.4, 0.5) is 0 Å². The van der Waals surface area contributed by atoms with Gasteiger partial charge in [-0.05, 0) is 29.5 Å². The van der Waals surface area contributed by atoms with E-state index in [0.717, 1.165) is 22.0 Å². The normalized spacial score (nSPS) is 13.5. The van der Waals surface area contributed by atoms with Crippen LogP contribution in [-0.2, 0) is 32.0 Å². The number of rotatable bonds is 12. The van der Waals surface area contributed by atoms with Gasteiger partial charge in [-0.15, -0.1) is 0 Å². The highest BCUT2D eigenvalue weighted by molar-refractivity contribution is 5.94. The molecule has 7 N–H and O–H groups in total. The number of hydrogen-bond donors (Lipinski definition) is 6. The Balaban J connectivity index is 1.80. The number of carboxylic acid groups (broad SMARTS) is 1. The number of aromatic amines is 1. The third kappa shape index (κ3) is 7.65. The molecule has 0 spiro atoms. The van der Waals surface area contributed by atoms with Gasteiger partial charge in [0.05, 0.1) is 6.04 Å². The van der Waals surface area contributed by atoms with E-state index in [4.69, 9.17) is 10.8 Å². The lowest BCUT2D eigenvalue weighted by atomic mass is 10.00. The molecule has 3 amide bonds. The van der Waals surface area contributed by atoms with Crippen molar-refractivity contribution in [2.24, 2.45) is 11.7 Å². The fraction of sp³-hybridized carbons (Fsp3) is 0.333. The molecule has 2 aromatic carbocycles. The predicted octanol–water partition coefficient (Wildman–Crippen LogP) is 1.11. The molecule has 1 aromatic heterocycles. The van der Waals surface area contributed by atoms with Gasteiger partial charge in [0.2, 0.25) is 17.7 Å². The third-order valence-electron chi connectivity index (χ3n) is 6.03. The molecule has 0 aliphatic rings. The molecule has 3 rings (SSSR count). The first kappa shape index (κ1) is 27.4. The van der Waals surface area contributed by atoms with Crippen molar-refractivity contribution in [1.29, 1.82) is 0 Å². The number of amides is 3. The summed E-state index contributed by atoms with van der Waals surface area (Å²) in [5.41, 5.74) is 8.74. The Labute approximate surface area is 215 Å². The number of carbonyl (C=O) groups excluding carboxylic acids is 3. The molecule has 3 aromatic rings. The summed E-state index contributed by atoms with van der Waals surface area (Å²) in [6, 6.07) is 14.0. The molecule has 10 heteroatoms. The SMILES string of the molecule is CC(C)C(NC(=O)C(Cc1c[nH]c2ccccc12)NC(=O)C(N)Cc1ccccc1)C(=O)NCC(=O)O. The number of carboxylic acids is 1. The summed E-state index contributed by atoms with van der Waals surface area (Å²) in [6.45, 7) is 2.89. The average Bonchev–Trinajstić information content (AvgIpc) is 3.28. The van der Waals surface area contributed by atoms with Crippen LogP contribution in [0, 0.1) is 5.92 Å². The number of nitrogens with two attached hydrogens (primary N) is 1. The molecular weight excluding hydrogens is 474 g/mol. The Morgan fingerprint density at radius 2 is 1.57 bits per heavy atom. The van der Waals surface area contributed by atoms with Gasteiger partial charge in [-0.2, -0.15) is 0 Å². The second kappa shape index (κ2) is 12.7. The number of nitrogens with one attached hydrogen (secondary N) is 4. The lowest BCUT2D eigenvalue weighted by Crippen LogP contribution is -2.58. The summed E-state index contributed by atoms with van der Waals surface area (Å²) >= 11 is 0. The number of para-hydroxylation sites is 1. The van der Waals surface area contributed by atoms with Gasteiger partial charge in [0.15, 0.2) is 0 Å². The van der Waals surface area contributed by atoms with Crippen molar-refractivity contribution >= 4 is 34.6 Å². The van der Waals surface area contributed by atoms with E-state index < -0.39 is 48.4 Å². The highest BCUT2D eigenvalue weighted by atomic mass is 16.4. The van der Waals surface area contributed by atoms with Crippen LogP contribution in [0.1, 0.15) is 25.0 Å². The van der Waals surface area contributed by atoms with E-state index in [0.29, 0.717) is 6.42 Å². The van der Waals surface area contributed by atoms with Crippen LogP contribution in [0.5, 0.6) is 0 Å². The summed E-state index contributed by atoms with van der Waals surface area (Å²) in [4.78, 5) is 53.0. The van der Waals surface area contributed by atoms with Crippen molar-refractivity contribution in [3.63, 3.8) is 0 Å². The molecule has 10 nitrogen and oxygen atoms in total. The first-order chi connectivity index (χ1) is 17.7. The number of hydrogen-bond acceptors (Lipinski definition) is 5. The summed E-state index contributed by atoms with van der Waals surface area (Å²) in [7, 11) is 0. The summed E-state index contributed by atoms with van der Waals surface area (Å²) in [6.07, 6.45) is 2.22. The number of fused-ring (bicyclic) bond motifs is 1. The minimum atomic E-state index is -1.20. The molecule has 3 unspecified atom stereocenters. The van der Waals surface area contributed by atoms with Crippen LogP contribution in [0.25, 0.3) is 10.9 Å². The highest BCUT2D eigenvalue weighted by Gasteiger charge is 2.30. The first-order valence-electron chi connectivity index (χ1n) is 12.1. The van der Waals surface area contributed by atoms with Crippen molar-refractivity contribution in [1.82, 2.24) is 20.9 Å². The zero-order chi connectivity index (χ0) is 26.9. The minimum absolute atomic E-state index is 0.154. The number of aromatic nitrogens is 1. The summed E-state index contributed by atoms with van der Waals surface area (Å²) < 4.78 is 0. The Morgan fingerprint density at radius 1 is 0.892 bits per heavy atom. The highest BCUT2D eigenvalue weighted by Crippen LogP contribution is 2.19. The Kier molecular flexibility index (Phi) is 9.39. The third-order valence-corrected chi connectivity index (χ3v) is 6.03. The van der Waals surface area contributed by atoms with Crippen molar-refractivity contribution in [3.05, 3.63) is 71.9 Å². The van der Waals surface area contributed by atoms with E-state index in [2.05, 4.69) is 20.9 Å². The maximum atomic E-state index is 13.4. The molecule has 196 valence electrons. The smallest absolute Gasteiger partial charge is 0.322 e. The van der Waals surface area contributed by atoms with Crippen molar-refractivity contribution < 1.29 is 24.3 Å². The van der Waals surface area contributed by atoms with Crippen LogP contribution in [0.3, 0.4) is 0 Å². The maximum absolute atomic E-state index is 13.4. The second-order valence-electron chi connectivity index (χ2n) is 9.26. The van der Waals surface area contributed by atoms with Gasteiger partial charge in [0.1, 0.15) is 18.6 Å². The molecule has 0 saturated heterocycles. The van der Waals surface area contributed by atoms with Crippen molar-refractivity contribution in [2.45, 2.75) is 44.8 Å². The van der Waals surface area contributed by atoms with E-state index in [9.17, 15) is 19.2 Å². The van der Waals surface area contributed by atoms with Crippen LogP contribution in [0.2, 0.25) is 0 Å². The van der Waals surface area contributed by atoms with E-state index in [1.54, 1.807) is 20.0 Å². The summed E-state index contributed by atoms with van der Waals surface area (Å²) in [5, 5.41) is 17.5. The van der Waals surface area contributed by atoms with Gasteiger partial charge in [-0.25, -0.2) is 0 Å². The molecule has 0 bridgehead atoms. The van der Waals surface area contributed by atoms with Gasteiger partial charge < -0.3 is 31.8 Å². The van der Waals surface area contributed by atoms with E-state index in [-0.39, 0.29) is 12.3 Å². The monoisotopic (exact) mass is 507 g/mol. The Hall–Kier alpha value is -4.18. The molecule has 3 atom stereocenters. The van der Waals surface area contributed by atoms with Crippen LogP contribution in [0.15, 0.2) is 60.8 Å². The predicted molar refractivity (Wildman–Crippen MR) is 139 cm³/mol. The standard InChI is InChI=1S/C27H33N5O5/c1-16(2)24(27(37)30-15-23(33)34)32-26(36)22(13-18-14-29-21-11-7-6-10-19(18)21)31-25(35)20(28)12-17-8-4-3-5-9-17/h3-11,14,16,20,22,24,29H,12-13,15,28H2,1-2H3,(H,30,37)(H,31,35)(H,32,36)(H,33,34). The quantitative estimate of drug-likeness (QED) is 0.215. The molecule has 0 aliphatic heterocycles. The van der Waals surface area contributed by atoms with Gasteiger partial charge in [0, 0.05) is 23.5 Å². The van der Waals surface area contributed by atoms with Crippen LogP contribution < -0.4 is 21.7 Å². The molecular formula is C27H33N5O5. The second-order valence-corrected chi connectivity index (χ2v) is 9.26. The van der Waals surface area contributed by atoms with Crippen LogP contribution in [-0.4, -0.2) is 58.5 Å². The minimum Gasteiger partial charge on any atom is -0.480 e. The Bertz CT molecular complexity index is 1240. The fourth-order valence-electron chi connectivity index (χ4n) is 4.03. The maximum Gasteiger partial charge on any atom is 0.322 e. The number of carbonyl (C=O) groups is 4. The topological polar surface area (TPSA) is 166 Å². The zero-order valence-corrected chi connectivity index (χ0v) is 20.9. The number of benzene rings is 2. The van der Waals surface area contributed by atoms with E-state index in [1.165, 1.54) is 0 Å². The molecule has 0 radical (unpaired) electrons.